The molecule has 12 heteroatoms. The average Bonchev–Trinajstić information content (AvgIpc) is 2.98. The summed E-state index contributed by atoms with van der Waals surface area (Å²) >= 11 is 5.89. The number of aromatic nitrogens is 1. The number of benzene rings is 2. The normalized spacial score (nSPS) is 20.8. The number of carbonyl (C=O) groups excluding carboxylic acids is 3. The minimum Gasteiger partial charge on any atom is -0.453 e. The van der Waals surface area contributed by atoms with E-state index in [0.717, 1.165) is 12.1 Å². The first-order valence-electron chi connectivity index (χ1n) is 14.0. The molecule has 2 N–H and O–H groups in total. The quantitative estimate of drug-likeness (QED) is 0.240. The topological polar surface area (TPSA) is 101 Å². The predicted octanol–water partition coefficient (Wildman–Crippen LogP) is 7.20. The summed E-state index contributed by atoms with van der Waals surface area (Å²) in [5.41, 5.74) is 1.75. The molecule has 0 saturated carbocycles. The van der Waals surface area contributed by atoms with E-state index in [2.05, 4.69) is 20.4 Å². The Balaban J connectivity index is 1.51. The fraction of sp³-hybridized carbons (Fsp3) is 0.355. The number of piperidine rings is 1. The molecular formula is C31H30ClF3N4O4. The lowest BCUT2D eigenvalue weighted by Crippen LogP contribution is -2.41. The number of pyridine rings is 1. The van der Waals surface area contributed by atoms with E-state index in [1.165, 1.54) is 13.3 Å². The Hall–Kier alpha value is -4.12. The zero-order chi connectivity index (χ0) is 30.8. The number of halogens is 4. The van der Waals surface area contributed by atoms with Gasteiger partial charge in [-0.1, -0.05) is 31.0 Å². The predicted molar refractivity (Wildman–Crippen MR) is 155 cm³/mol. The van der Waals surface area contributed by atoms with Crippen molar-refractivity contribution < 1.29 is 32.3 Å². The Morgan fingerprint density at radius 2 is 1.91 bits per heavy atom. The maximum Gasteiger partial charge on any atom is 0.411 e. The molecular weight excluding hydrogens is 585 g/mol. The van der Waals surface area contributed by atoms with Crippen molar-refractivity contribution in [3.8, 4) is 11.1 Å². The summed E-state index contributed by atoms with van der Waals surface area (Å²) < 4.78 is 49.4. The molecule has 1 saturated heterocycles. The third-order valence-corrected chi connectivity index (χ3v) is 8.42. The molecule has 0 spiro atoms. The van der Waals surface area contributed by atoms with Crippen molar-refractivity contribution in [2.75, 3.05) is 24.3 Å². The van der Waals surface area contributed by atoms with Crippen LogP contribution >= 0.6 is 11.6 Å². The van der Waals surface area contributed by atoms with Crippen LogP contribution in [-0.4, -0.2) is 41.4 Å². The molecule has 2 aliphatic heterocycles. The van der Waals surface area contributed by atoms with Crippen molar-refractivity contribution in [2.45, 2.75) is 51.0 Å². The lowest BCUT2D eigenvalue weighted by molar-refractivity contribution is -0.137. The maximum atomic E-state index is 15.4. The molecule has 1 aromatic heterocycles. The number of amides is 3. The Kier molecular flexibility index (Phi) is 8.91. The number of nitrogens with one attached hydrogen (secondary N) is 2. The van der Waals surface area contributed by atoms with Crippen molar-refractivity contribution in [3.05, 3.63) is 76.3 Å². The summed E-state index contributed by atoms with van der Waals surface area (Å²) in [6.07, 6.45) is 2.03. The molecule has 3 atom stereocenters. The minimum atomic E-state index is -0.877. The van der Waals surface area contributed by atoms with E-state index in [1.54, 1.807) is 36.1 Å². The van der Waals surface area contributed by atoms with Gasteiger partial charge in [-0.25, -0.2) is 18.6 Å². The molecule has 2 bridgehead atoms. The molecule has 5 rings (SSSR count). The first kappa shape index (κ1) is 30.3. The number of hydrogen-bond acceptors (Lipinski definition) is 5. The van der Waals surface area contributed by atoms with Crippen LogP contribution < -0.4 is 10.6 Å². The lowest BCUT2D eigenvalue weighted by Gasteiger charge is -2.38. The third-order valence-electron chi connectivity index (χ3n) is 8.13. The largest absolute Gasteiger partial charge is 0.453 e. The summed E-state index contributed by atoms with van der Waals surface area (Å²) in [7, 11) is 1.23. The van der Waals surface area contributed by atoms with E-state index in [4.69, 9.17) is 11.6 Å². The number of fused-ring (bicyclic) bond motifs is 4. The van der Waals surface area contributed by atoms with E-state index in [-0.39, 0.29) is 47.4 Å². The van der Waals surface area contributed by atoms with Gasteiger partial charge >= 0.3 is 6.09 Å². The highest BCUT2D eigenvalue weighted by molar-refractivity contribution is 6.30. The standard InChI is InChI=1S/C31H30ClF3N4O4/c1-16-4-3-5-25(39-11-10-17(13-26(39)40)27-23(33)9-8-22(32)28(27)34)21-12-18(15-36-29(21)35)20-7-6-19(37-31(42)43-2)14-24(20)38-30(16)41/h6-9,12,14-17,25H,3-5,10-11,13H2,1-2H3,(H,37,42)(H,38,41)/t16?,17-,25-/m0/s1. The van der Waals surface area contributed by atoms with Crippen LogP contribution in [0.3, 0.4) is 0 Å². The number of rotatable bonds is 3. The van der Waals surface area contributed by atoms with Crippen LogP contribution in [0.1, 0.15) is 62.1 Å². The second-order valence-corrected chi connectivity index (χ2v) is 11.3. The second-order valence-electron chi connectivity index (χ2n) is 10.9. The Morgan fingerprint density at radius 1 is 1.12 bits per heavy atom. The first-order chi connectivity index (χ1) is 20.6. The average molecular weight is 615 g/mol. The number of carbonyl (C=O) groups is 3. The number of nitrogens with zero attached hydrogens (tertiary/aromatic N) is 2. The molecule has 2 aliphatic rings. The minimum absolute atomic E-state index is 0.137. The number of hydrogen-bond donors (Lipinski definition) is 2. The van der Waals surface area contributed by atoms with Gasteiger partial charge in [-0.2, -0.15) is 4.39 Å². The van der Waals surface area contributed by atoms with Crippen molar-refractivity contribution >= 4 is 40.9 Å². The number of anilines is 2. The van der Waals surface area contributed by atoms with E-state index < -0.39 is 41.6 Å². The maximum absolute atomic E-state index is 15.4. The van der Waals surface area contributed by atoms with Crippen LogP contribution in [0.25, 0.3) is 11.1 Å². The zero-order valence-corrected chi connectivity index (χ0v) is 24.3. The molecule has 1 unspecified atom stereocenters. The van der Waals surface area contributed by atoms with Gasteiger partial charge in [0.2, 0.25) is 17.8 Å². The summed E-state index contributed by atoms with van der Waals surface area (Å²) in [6, 6.07) is 7.96. The van der Waals surface area contributed by atoms with Gasteiger partial charge in [0.1, 0.15) is 11.6 Å². The van der Waals surface area contributed by atoms with Crippen LogP contribution in [0.5, 0.6) is 0 Å². The Bertz CT molecular complexity index is 1590. The molecule has 1 fully saturated rings. The summed E-state index contributed by atoms with van der Waals surface area (Å²) in [6.45, 7) is 1.91. The third kappa shape index (κ3) is 6.31. The second kappa shape index (κ2) is 12.6. The van der Waals surface area contributed by atoms with Gasteiger partial charge in [0, 0.05) is 58.9 Å². The molecule has 0 aliphatic carbocycles. The van der Waals surface area contributed by atoms with Gasteiger partial charge in [0.25, 0.3) is 0 Å². The van der Waals surface area contributed by atoms with Crippen LogP contribution in [0.2, 0.25) is 5.02 Å². The molecule has 0 radical (unpaired) electrons. The van der Waals surface area contributed by atoms with Gasteiger partial charge in [-0.05, 0) is 49.6 Å². The van der Waals surface area contributed by atoms with Gasteiger partial charge in [0.05, 0.1) is 23.9 Å². The van der Waals surface area contributed by atoms with Crippen molar-refractivity contribution in [1.29, 1.82) is 0 Å². The Labute approximate surface area is 251 Å². The first-order valence-corrected chi connectivity index (χ1v) is 14.3. The SMILES string of the molecule is COC(=O)Nc1ccc2c(c1)NC(=O)C(C)CCC[C@H](N1CC[C@H](c3c(F)ccc(Cl)c3F)CC1=O)c1cc-2cnc1F. The van der Waals surface area contributed by atoms with E-state index in [1.807, 2.05) is 0 Å². The molecule has 226 valence electrons. The number of ether oxygens (including phenoxy) is 1. The van der Waals surface area contributed by atoms with Crippen molar-refractivity contribution in [2.24, 2.45) is 5.92 Å². The highest BCUT2D eigenvalue weighted by Gasteiger charge is 2.36. The van der Waals surface area contributed by atoms with Crippen LogP contribution in [0.4, 0.5) is 29.3 Å². The van der Waals surface area contributed by atoms with Crippen molar-refractivity contribution in [3.63, 3.8) is 0 Å². The molecule has 2 aromatic carbocycles. The zero-order valence-electron chi connectivity index (χ0n) is 23.6. The smallest absolute Gasteiger partial charge is 0.411 e. The molecule has 8 nitrogen and oxygen atoms in total. The van der Waals surface area contributed by atoms with E-state index in [9.17, 15) is 23.2 Å². The van der Waals surface area contributed by atoms with Gasteiger partial charge in [-0.15, -0.1) is 0 Å². The van der Waals surface area contributed by atoms with Crippen LogP contribution in [0, 0.1) is 23.5 Å². The summed E-state index contributed by atoms with van der Waals surface area (Å²) in [5, 5.41) is 5.25. The van der Waals surface area contributed by atoms with Gasteiger partial charge in [0.15, 0.2) is 0 Å². The molecule has 3 heterocycles. The Morgan fingerprint density at radius 3 is 2.65 bits per heavy atom. The molecule has 43 heavy (non-hydrogen) atoms. The van der Waals surface area contributed by atoms with Crippen molar-refractivity contribution in [1.82, 2.24) is 9.88 Å². The monoisotopic (exact) mass is 614 g/mol. The fourth-order valence-electron chi connectivity index (χ4n) is 5.82. The van der Waals surface area contributed by atoms with Gasteiger partial charge < -0.3 is 15.0 Å². The highest BCUT2D eigenvalue weighted by Crippen LogP contribution is 2.41. The van der Waals surface area contributed by atoms with Gasteiger partial charge in [-0.3, -0.25) is 14.9 Å². The van der Waals surface area contributed by atoms with E-state index >= 15 is 4.39 Å². The summed E-state index contributed by atoms with van der Waals surface area (Å²) in [4.78, 5) is 43.9. The van der Waals surface area contributed by atoms with Crippen LogP contribution in [-0.2, 0) is 14.3 Å². The number of methoxy groups -OCH3 is 1. The lowest BCUT2D eigenvalue weighted by atomic mass is 9.86. The highest BCUT2D eigenvalue weighted by atomic mass is 35.5. The molecule has 3 amide bonds. The fourth-order valence-corrected chi connectivity index (χ4v) is 5.98. The van der Waals surface area contributed by atoms with Crippen LogP contribution in [0.15, 0.2) is 42.6 Å². The summed E-state index contributed by atoms with van der Waals surface area (Å²) in [5.74, 6) is -4.13. The molecule has 3 aromatic rings. The van der Waals surface area contributed by atoms with E-state index in [0.29, 0.717) is 41.8 Å². The number of likely N-dealkylation sites (tertiary alicyclic amines) is 1.